The van der Waals surface area contributed by atoms with Crippen molar-refractivity contribution in [2.45, 2.75) is 25.7 Å². The first-order chi connectivity index (χ1) is 8.19. The number of benzene rings is 1. The Morgan fingerprint density at radius 1 is 1.12 bits per heavy atom. The summed E-state index contributed by atoms with van der Waals surface area (Å²) in [5, 5.41) is 0. The van der Waals surface area contributed by atoms with Gasteiger partial charge in [-0.15, -0.1) is 0 Å². The van der Waals surface area contributed by atoms with Gasteiger partial charge in [0.05, 0.1) is 0 Å². The van der Waals surface area contributed by atoms with E-state index in [0.717, 1.165) is 13.0 Å². The predicted octanol–water partition coefficient (Wildman–Crippen LogP) is 2.69. The van der Waals surface area contributed by atoms with E-state index in [2.05, 4.69) is 43.1 Å². The zero-order valence-electron chi connectivity index (χ0n) is 11.2. The van der Waals surface area contributed by atoms with E-state index in [1.54, 1.807) is 14.2 Å². The minimum Gasteiger partial charge on any atom is -0.356 e. The normalized spacial score (nSPS) is 13.3. The topological polar surface area (TPSA) is 21.7 Å². The van der Waals surface area contributed by atoms with E-state index < -0.39 is 0 Å². The van der Waals surface area contributed by atoms with Crippen LogP contribution in [0, 0.1) is 0 Å². The molecule has 0 fully saturated rings. The smallest absolute Gasteiger partial charge is 0.158 e. The van der Waals surface area contributed by atoms with E-state index in [1.165, 1.54) is 5.56 Å². The van der Waals surface area contributed by atoms with Crippen molar-refractivity contribution in [2.75, 3.05) is 27.8 Å². The van der Waals surface area contributed by atoms with Crippen LogP contribution in [0.25, 0.3) is 0 Å². The fourth-order valence-corrected chi connectivity index (χ4v) is 1.82. The molecule has 0 amide bonds. The maximum atomic E-state index is 5.19. The highest BCUT2D eigenvalue weighted by molar-refractivity contribution is 5.18. The molecule has 0 saturated heterocycles. The van der Waals surface area contributed by atoms with Crippen LogP contribution < -0.4 is 0 Å². The Labute approximate surface area is 104 Å². The van der Waals surface area contributed by atoms with Crippen molar-refractivity contribution in [1.82, 2.24) is 4.90 Å². The first kappa shape index (κ1) is 14.2. The zero-order valence-corrected chi connectivity index (χ0v) is 11.2. The highest BCUT2D eigenvalue weighted by atomic mass is 16.7. The molecule has 1 rings (SSSR count). The largest absolute Gasteiger partial charge is 0.356 e. The molecule has 0 aliphatic heterocycles. The van der Waals surface area contributed by atoms with Crippen molar-refractivity contribution < 1.29 is 9.47 Å². The van der Waals surface area contributed by atoms with E-state index in [0.29, 0.717) is 6.04 Å². The molecule has 1 aromatic rings. The summed E-state index contributed by atoms with van der Waals surface area (Å²) < 4.78 is 10.4. The summed E-state index contributed by atoms with van der Waals surface area (Å²) in [4.78, 5) is 2.31. The molecule has 1 atom stereocenters. The van der Waals surface area contributed by atoms with Crippen LogP contribution in [0.15, 0.2) is 30.3 Å². The Bertz CT molecular complexity index is 298. The highest BCUT2D eigenvalue weighted by Gasteiger charge is 2.13. The van der Waals surface area contributed by atoms with Gasteiger partial charge in [0.15, 0.2) is 6.29 Å². The first-order valence-electron chi connectivity index (χ1n) is 5.99. The zero-order chi connectivity index (χ0) is 12.7. The van der Waals surface area contributed by atoms with Crippen LogP contribution in [-0.4, -0.2) is 39.0 Å². The summed E-state index contributed by atoms with van der Waals surface area (Å²) in [5.74, 6) is 0. The van der Waals surface area contributed by atoms with Crippen LogP contribution in [0.4, 0.5) is 0 Å². The van der Waals surface area contributed by atoms with E-state index in [4.69, 9.17) is 9.47 Å². The van der Waals surface area contributed by atoms with Gasteiger partial charge in [-0.1, -0.05) is 30.3 Å². The minimum absolute atomic E-state index is 0.111. The van der Waals surface area contributed by atoms with Crippen LogP contribution in [-0.2, 0) is 9.47 Å². The Hall–Kier alpha value is -0.900. The molecule has 0 aromatic heterocycles. The van der Waals surface area contributed by atoms with Crippen molar-refractivity contribution in [3.63, 3.8) is 0 Å². The average molecular weight is 237 g/mol. The summed E-state index contributed by atoms with van der Waals surface area (Å²) in [6.45, 7) is 3.16. The molecule has 0 radical (unpaired) electrons. The quantitative estimate of drug-likeness (QED) is 0.681. The van der Waals surface area contributed by atoms with Crippen molar-refractivity contribution in [2.24, 2.45) is 0 Å². The molecule has 0 aliphatic carbocycles. The van der Waals surface area contributed by atoms with Gasteiger partial charge >= 0.3 is 0 Å². The summed E-state index contributed by atoms with van der Waals surface area (Å²) in [7, 11) is 5.48. The summed E-state index contributed by atoms with van der Waals surface area (Å²) in [6.07, 6.45) is 0.765. The fraction of sp³-hybridized carbons (Fsp3) is 0.571. The lowest BCUT2D eigenvalue weighted by atomic mass is 10.1. The van der Waals surface area contributed by atoms with E-state index in [9.17, 15) is 0 Å². The third kappa shape index (κ3) is 4.46. The number of methoxy groups -OCH3 is 2. The summed E-state index contributed by atoms with van der Waals surface area (Å²) in [6, 6.07) is 10.9. The van der Waals surface area contributed by atoms with Crippen LogP contribution >= 0.6 is 0 Å². The van der Waals surface area contributed by atoms with Gasteiger partial charge in [0, 0.05) is 33.2 Å². The third-order valence-electron chi connectivity index (χ3n) is 3.19. The Morgan fingerprint density at radius 3 is 2.24 bits per heavy atom. The van der Waals surface area contributed by atoms with Crippen LogP contribution in [0.5, 0.6) is 0 Å². The summed E-state index contributed by atoms with van der Waals surface area (Å²) >= 11 is 0. The molecule has 96 valence electrons. The maximum absolute atomic E-state index is 5.19. The van der Waals surface area contributed by atoms with Gasteiger partial charge in [0.1, 0.15) is 0 Å². The molecule has 0 N–H and O–H groups in total. The van der Waals surface area contributed by atoms with Crippen molar-refractivity contribution in [3.8, 4) is 0 Å². The van der Waals surface area contributed by atoms with Crippen molar-refractivity contribution in [3.05, 3.63) is 35.9 Å². The summed E-state index contributed by atoms with van der Waals surface area (Å²) in [5.41, 5.74) is 1.33. The van der Waals surface area contributed by atoms with Gasteiger partial charge < -0.3 is 9.47 Å². The predicted molar refractivity (Wildman–Crippen MR) is 69.9 cm³/mol. The second kappa shape index (κ2) is 7.43. The van der Waals surface area contributed by atoms with Crippen LogP contribution in [0.3, 0.4) is 0 Å². The van der Waals surface area contributed by atoms with Gasteiger partial charge in [-0.05, 0) is 19.5 Å². The SMILES string of the molecule is COC(CCN(C)C(C)c1ccccc1)OC. The van der Waals surface area contributed by atoms with Gasteiger partial charge in [-0.2, -0.15) is 0 Å². The molecular formula is C14H23NO2. The van der Waals surface area contributed by atoms with Crippen LogP contribution in [0.2, 0.25) is 0 Å². The lowest BCUT2D eigenvalue weighted by Gasteiger charge is -2.26. The highest BCUT2D eigenvalue weighted by Crippen LogP contribution is 2.18. The van der Waals surface area contributed by atoms with E-state index in [-0.39, 0.29) is 6.29 Å². The second-order valence-corrected chi connectivity index (χ2v) is 4.26. The molecule has 0 saturated carbocycles. The molecular weight excluding hydrogens is 214 g/mol. The minimum atomic E-state index is -0.111. The monoisotopic (exact) mass is 237 g/mol. The number of nitrogens with zero attached hydrogens (tertiary/aromatic N) is 1. The molecule has 0 aliphatic rings. The molecule has 3 nitrogen and oxygen atoms in total. The van der Waals surface area contributed by atoms with Gasteiger partial charge in [0.2, 0.25) is 0 Å². The molecule has 0 spiro atoms. The van der Waals surface area contributed by atoms with Gasteiger partial charge in [0.25, 0.3) is 0 Å². The number of hydrogen-bond acceptors (Lipinski definition) is 3. The average Bonchev–Trinajstić information content (AvgIpc) is 2.39. The van der Waals surface area contributed by atoms with Crippen molar-refractivity contribution in [1.29, 1.82) is 0 Å². The molecule has 0 bridgehead atoms. The van der Waals surface area contributed by atoms with Crippen LogP contribution in [0.1, 0.15) is 24.9 Å². The maximum Gasteiger partial charge on any atom is 0.158 e. The Morgan fingerprint density at radius 2 is 1.71 bits per heavy atom. The Kier molecular flexibility index (Phi) is 6.19. The fourth-order valence-electron chi connectivity index (χ4n) is 1.82. The number of hydrogen-bond donors (Lipinski definition) is 0. The van der Waals surface area contributed by atoms with Gasteiger partial charge in [-0.25, -0.2) is 0 Å². The number of rotatable bonds is 7. The molecule has 3 heteroatoms. The van der Waals surface area contributed by atoms with Crippen molar-refractivity contribution >= 4 is 0 Å². The standard InChI is InChI=1S/C14H23NO2/c1-12(13-8-6-5-7-9-13)15(2)11-10-14(16-3)17-4/h5-9,12,14H,10-11H2,1-4H3. The lowest BCUT2D eigenvalue weighted by molar-refractivity contribution is -0.109. The van der Waals surface area contributed by atoms with E-state index >= 15 is 0 Å². The number of ether oxygens (including phenoxy) is 2. The first-order valence-corrected chi connectivity index (χ1v) is 5.99. The molecule has 17 heavy (non-hydrogen) atoms. The lowest BCUT2D eigenvalue weighted by Crippen LogP contribution is -2.27. The second-order valence-electron chi connectivity index (χ2n) is 4.26. The third-order valence-corrected chi connectivity index (χ3v) is 3.19. The molecule has 1 unspecified atom stereocenters. The molecule has 0 heterocycles. The van der Waals surface area contributed by atoms with E-state index in [1.807, 2.05) is 6.07 Å². The molecule has 1 aromatic carbocycles. The van der Waals surface area contributed by atoms with Gasteiger partial charge in [-0.3, -0.25) is 4.90 Å². The Balaban J connectivity index is 2.45.